The van der Waals surface area contributed by atoms with E-state index in [1.54, 1.807) is 29.7 Å². The molecule has 19 heavy (non-hydrogen) atoms. The highest BCUT2D eigenvalue weighted by atomic mass is 32.1. The first-order chi connectivity index (χ1) is 9.22. The number of hydrogen-bond donors (Lipinski definition) is 1. The number of ether oxygens (including phenoxy) is 1. The summed E-state index contributed by atoms with van der Waals surface area (Å²) in [6, 6.07) is 3.47. The first-order valence-electron chi connectivity index (χ1n) is 5.94. The number of nitrogens with zero attached hydrogens (tertiary/aromatic N) is 2. The Morgan fingerprint density at radius 3 is 3.00 bits per heavy atom. The van der Waals surface area contributed by atoms with Crippen LogP contribution in [-0.2, 0) is 17.7 Å². The number of methoxy groups -OCH3 is 1. The first-order valence-corrected chi connectivity index (χ1v) is 6.76. The molecule has 0 unspecified atom stereocenters. The van der Waals surface area contributed by atoms with Crippen LogP contribution in [0.3, 0.4) is 0 Å². The summed E-state index contributed by atoms with van der Waals surface area (Å²) < 4.78 is 4.63. The molecule has 0 aliphatic rings. The van der Waals surface area contributed by atoms with Gasteiger partial charge < -0.3 is 10.1 Å². The van der Waals surface area contributed by atoms with Crippen LogP contribution in [0.1, 0.15) is 27.3 Å². The molecule has 0 radical (unpaired) electrons. The minimum absolute atomic E-state index is 0.292. The minimum Gasteiger partial charge on any atom is -0.464 e. The van der Waals surface area contributed by atoms with Gasteiger partial charge in [0.1, 0.15) is 10.7 Å². The molecule has 0 bridgehead atoms. The summed E-state index contributed by atoms with van der Waals surface area (Å²) in [5.41, 5.74) is 1.12. The van der Waals surface area contributed by atoms with Gasteiger partial charge in [-0.1, -0.05) is 6.92 Å². The molecule has 0 amide bonds. The lowest BCUT2D eigenvalue weighted by Gasteiger charge is -2.05. The second-order valence-electron chi connectivity index (χ2n) is 3.85. The van der Waals surface area contributed by atoms with E-state index in [1.807, 2.05) is 6.20 Å². The number of esters is 1. The summed E-state index contributed by atoms with van der Waals surface area (Å²) in [5.74, 6) is -0.439. The monoisotopic (exact) mass is 277 g/mol. The van der Waals surface area contributed by atoms with Gasteiger partial charge in [0.25, 0.3) is 0 Å². The van der Waals surface area contributed by atoms with E-state index in [9.17, 15) is 4.79 Å². The molecule has 0 saturated heterocycles. The fourth-order valence-electron chi connectivity index (χ4n) is 1.53. The Balaban J connectivity index is 2.01. The van der Waals surface area contributed by atoms with Crippen LogP contribution in [0.15, 0.2) is 24.5 Å². The van der Waals surface area contributed by atoms with E-state index in [4.69, 9.17) is 0 Å². The number of nitrogens with one attached hydrogen (secondary N) is 1. The molecule has 0 aliphatic heterocycles. The summed E-state index contributed by atoms with van der Waals surface area (Å²) >= 11 is 1.69. The highest BCUT2D eigenvalue weighted by Gasteiger charge is 2.07. The molecule has 2 rings (SSSR count). The number of aromatic nitrogens is 2. The van der Waals surface area contributed by atoms with E-state index in [0.717, 1.165) is 17.1 Å². The maximum Gasteiger partial charge on any atom is 0.356 e. The lowest BCUT2D eigenvalue weighted by molar-refractivity contribution is 0.0594. The maximum absolute atomic E-state index is 11.4. The van der Waals surface area contributed by atoms with Crippen molar-refractivity contribution in [3.8, 4) is 0 Å². The molecule has 2 aromatic rings. The van der Waals surface area contributed by atoms with Gasteiger partial charge in [-0.25, -0.2) is 14.8 Å². The van der Waals surface area contributed by atoms with Gasteiger partial charge in [-0.15, -0.1) is 11.3 Å². The fourth-order valence-corrected chi connectivity index (χ4v) is 2.33. The van der Waals surface area contributed by atoms with Crippen molar-refractivity contribution >= 4 is 23.0 Å². The van der Waals surface area contributed by atoms with Crippen LogP contribution < -0.4 is 5.32 Å². The number of thiazole rings is 1. The largest absolute Gasteiger partial charge is 0.464 e. The van der Waals surface area contributed by atoms with Crippen molar-refractivity contribution in [2.24, 2.45) is 0 Å². The summed E-state index contributed by atoms with van der Waals surface area (Å²) in [6.07, 6.45) is 4.47. The molecule has 0 aromatic carbocycles. The average Bonchev–Trinajstić information content (AvgIpc) is 2.92. The van der Waals surface area contributed by atoms with Crippen LogP contribution in [0.25, 0.3) is 0 Å². The molecular formula is C13H15N3O2S. The molecule has 5 nitrogen and oxygen atoms in total. The molecule has 0 fully saturated rings. The quantitative estimate of drug-likeness (QED) is 0.851. The van der Waals surface area contributed by atoms with Crippen LogP contribution in [0.4, 0.5) is 5.69 Å². The third kappa shape index (κ3) is 3.51. The van der Waals surface area contributed by atoms with Gasteiger partial charge in [0, 0.05) is 23.0 Å². The van der Waals surface area contributed by atoms with Gasteiger partial charge >= 0.3 is 5.97 Å². The number of pyridine rings is 1. The highest BCUT2D eigenvalue weighted by molar-refractivity contribution is 7.11. The fraction of sp³-hybridized carbons (Fsp3) is 0.308. The van der Waals surface area contributed by atoms with Gasteiger partial charge in [0.05, 0.1) is 13.7 Å². The number of carbonyl (C=O) groups excluding carboxylic acids is 1. The van der Waals surface area contributed by atoms with E-state index in [1.165, 1.54) is 12.0 Å². The normalized spacial score (nSPS) is 10.2. The number of rotatable bonds is 5. The third-order valence-corrected chi connectivity index (χ3v) is 3.69. The molecule has 2 heterocycles. The van der Waals surface area contributed by atoms with Crippen molar-refractivity contribution in [3.05, 3.63) is 40.1 Å². The zero-order valence-corrected chi connectivity index (χ0v) is 11.7. The van der Waals surface area contributed by atoms with E-state index in [-0.39, 0.29) is 0 Å². The maximum atomic E-state index is 11.4. The number of aryl methyl sites for hydroxylation is 1. The molecule has 1 N–H and O–H groups in total. The molecule has 100 valence electrons. The molecule has 0 saturated carbocycles. The number of hydrogen-bond acceptors (Lipinski definition) is 6. The Labute approximate surface area is 115 Å². The van der Waals surface area contributed by atoms with Gasteiger partial charge in [0.15, 0.2) is 0 Å². The highest BCUT2D eigenvalue weighted by Crippen LogP contribution is 2.16. The van der Waals surface area contributed by atoms with Crippen molar-refractivity contribution in [1.82, 2.24) is 9.97 Å². The number of anilines is 1. The Kier molecular flexibility index (Phi) is 4.46. The van der Waals surface area contributed by atoms with Crippen molar-refractivity contribution in [1.29, 1.82) is 0 Å². The summed E-state index contributed by atoms with van der Waals surface area (Å²) in [6.45, 7) is 2.74. The van der Waals surface area contributed by atoms with Crippen molar-refractivity contribution in [3.63, 3.8) is 0 Å². The Morgan fingerprint density at radius 1 is 1.47 bits per heavy atom. The molecule has 2 aromatic heterocycles. The molecule has 0 aliphatic carbocycles. The summed E-state index contributed by atoms with van der Waals surface area (Å²) in [4.78, 5) is 20.9. The van der Waals surface area contributed by atoms with Crippen LogP contribution in [0.2, 0.25) is 0 Å². The summed E-state index contributed by atoms with van der Waals surface area (Å²) in [7, 11) is 1.34. The predicted octanol–water partition coefficient (Wildman–Crippen LogP) is 2.50. The van der Waals surface area contributed by atoms with E-state index in [0.29, 0.717) is 12.2 Å². The molecule has 0 spiro atoms. The lowest BCUT2D eigenvalue weighted by atomic mass is 10.3. The van der Waals surface area contributed by atoms with Gasteiger partial charge in [-0.05, 0) is 18.6 Å². The first kappa shape index (κ1) is 13.5. The van der Waals surface area contributed by atoms with Crippen LogP contribution in [0.5, 0.6) is 0 Å². The SMILES string of the molecule is CCc1cnc(CNc2ccnc(C(=O)OC)c2)s1. The van der Waals surface area contributed by atoms with E-state index >= 15 is 0 Å². The van der Waals surface area contributed by atoms with Gasteiger partial charge in [-0.3, -0.25) is 0 Å². The topological polar surface area (TPSA) is 64.1 Å². The lowest BCUT2D eigenvalue weighted by Crippen LogP contribution is -2.06. The van der Waals surface area contributed by atoms with Crippen LogP contribution in [-0.4, -0.2) is 23.0 Å². The molecule has 0 atom stereocenters. The van der Waals surface area contributed by atoms with Crippen molar-refractivity contribution < 1.29 is 9.53 Å². The van der Waals surface area contributed by atoms with Gasteiger partial charge in [-0.2, -0.15) is 0 Å². The van der Waals surface area contributed by atoms with Crippen LogP contribution in [0, 0.1) is 0 Å². The predicted molar refractivity (Wildman–Crippen MR) is 74.4 cm³/mol. The Bertz CT molecular complexity index is 569. The second kappa shape index (κ2) is 6.29. The standard InChI is InChI=1S/C13H15N3O2S/c1-3-10-7-16-12(19-10)8-15-9-4-5-14-11(6-9)13(17)18-2/h4-7H,3,8H2,1-2H3,(H,14,15). The van der Waals surface area contributed by atoms with Crippen LogP contribution >= 0.6 is 11.3 Å². The summed E-state index contributed by atoms with van der Waals surface area (Å²) in [5, 5.41) is 4.24. The number of carbonyl (C=O) groups is 1. The molecular weight excluding hydrogens is 262 g/mol. The Morgan fingerprint density at radius 2 is 2.32 bits per heavy atom. The van der Waals surface area contributed by atoms with E-state index in [2.05, 4.69) is 26.9 Å². The zero-order valence-electron chi connectivity index (χ0n) is 10.8. The van der Waals surface area contributed by atoms with Crippen molar-refractivity contribution in [2.75, 3.05) is 12.4 Å². The molecule has 6 heteroatoms. The smallest absolute Gasteiger partial charge is 0.356 e. The average molecular weight is 277 g/mol. The second-order valence-corrected chi connectivity index (χ2v) is 5.05. The van der Waals surface area contributed by atoms with Gasteiger partial charge in [0.2, 0.25) is 0 Å². The van der Waals surface area contributed by atoms with E-state index < -0.39 is 5.97 Å². The third-order valence-electron chi connectivity index (χ3n) is 2.55. The minimum atomic E-state index is -0.439. The Hall–Kier alpha value is -1.95. The van der Waals surface area contributed by atoms with Crippen molar-refractivity contribution in [2.45, 2.75) is 19.9 Å². The zero-order chi connectivity index (χ0) is 13.7.